The van der Waals surface area contributed by atoms with E-state index in [1.165, 1.54) is 22.6 Å². The summed E-state index contributed by atoms with van der Waals surface area (Å²) in [4.78, 5) is 12.3. The number of hydrogen-bond acceptors (Lipinski definition) is 4. The Hall–Kier alpha value is -2.84. The number of benzene rings is 2. The van der Waals surface area contributed by atoms with Crippen LogP contribution in [0, 0.1) is 11.3 Å². The zero-order valence-corrected chi connectivity index (χ0v) is 13.8. The second kappa shape index (κ2) is 5.99. The molecule has 0 radical (unpaired) electrons. The average Bonchev–Trinajstić information content (AvgIpc) is 3.22. The van der Waals surface area contributed by atoms with Crippen LogP contribution in [0.25, 0.3) is 11.3 Å². The van der Waals surface area contributed by atoms with Gasteiger partial charge in [-0.15, -0.1) is 0 Å². The van der Waals surface area contributed by atoms with Crippen molar-refractivity contribution in [2.45, 2.75) is 13.0 Å². The van der Waals surface area contributed by atoms with Gasteiger partial charge in [0.15, 0.2) is 0 Å². The monoisotopic (exact) mass is 333 g/mol. The summed E-state index contributed by atoms with van der Waals surface area (Å²) in [6.07, 6.45) is 1.01. The number of nitrogens with zero attached hydrogens (tertiary/aromatic N) is 2. The predicted octanol–water partition coefficient (Wildman–Crippen LogP) is 3.46. The molecule has 1 aromatic heterocycles. The molecule has 1 N–H and O–H groups in total. The Morgan fingerprint density at radius 2 is 2.12 bits per heavy atom. The van der Waals surface area contributed by atoms with Crippen molar-refractivity contribution in [2.24, 2.45) is 0 Å². The van der Waals surface area contributed by atoms with Crippen LogP contribution in [-0.2, 0) is 13.0 Å². The minimum atomic E-state index is -0.00336. The van der Waals surface area contributed by atoms with E-state index in [1.54, 1.807) is 10.6 Å². The number of rotatable bonds is 3. The van der Waals surface area contributed by atoms with Crippen LogP contribution in [0.5, 0.6) is 0 Å². The highest BCUT2D eigenvalue weighted by Crippen LogP contribution is 2.29. The van der Waals surface area contributed by atoms with E-state index in [4.69, 9.17) is 0 Å². The SMILES string of the molecule is N#Cc1ccccc1Cn1c(-c2ccc3c(c2)CCN3)csc1=O. The lowest BCUT2D eigenvalue weighted by molar-refractivity contribution is 0.790. The lowest BCUT2D eigenvalue weighted by atomic mass is 10.1. The van der Waals surface area contributed by atoms with Gasteiger partial charge in [0, 0.05) is 17.6 Å². The Kier molecular flexibility index (Phi) is 3.68. The maximum absolute atomic E-state index is 12.3. The van der Waals surface area contributed by atoms with Crippen molar-refractivity contribution in [2.75, 3.05) is 11.9 Å². The van der Waals surface area contributed by atoms with Gasteiger partial charge in [0.1, 0.15) is 0 Å². The van der Waals surface area contributed by atoms with E-state index < -0.39 is 0 Å². The molecule has 1 aliphatic rings. The molecule has 5 heteroatoms. The summed E-state index contributed by atoms with van der Waals surface area (Å²) in [5, 5.41) is 14.5. The smallest absolute Gasteiger partial charge is 0.307 e. The Morgan fingerprint density at radius 1 is 1.25 bits per heavy atom. The third kappa shape index (κ3) is 2.51. The van der Waals surface area contributed by atoms with Gasteiger partial charge in [0.2, 0.25) is 0 Å². The van der Waals surface area contributed by atoms with Gasteiger partial charge in [-0.05, 0) is 41.3 Å². The van der Waals surface area contributed by atoms with Crippen molar-refractivity contribution in [1.82, 2.24) is 4.57 Å². The molecule has 24 heavy (non-hydrogen) atoms. The summed E-state index contributed by atoms with van der Waals surface area (Å²) in [5.74, 6) is 0. The molecule has 0 spiro atoms. The van der Waals surface area contributed by atoms with E-state index in [0.29, 0.717) is 12.1 Å². The van der Waals surface area contributed by atoms with Gasteiger partial charge in [0.05, 0.1) is 23.9 Å². The molecular weight excluding hydrogens is 318 g/mol. The maximum atomic E-state index is 12.3. The summed E-state index contributed by atoms with van der Waals surface area (Å²) in [6, 6.07) is 15.9. The Balaban J connectivity index is 1.77. The van der Waals surface area contributed by atoms with Crippen molar-refractivity contribution in [1.29, 1.82) is 5.26 Å². The summed E-state index contributed by atoms with van der Waals surface area (Å²) < 4.78 is 1.75. The van der Waals surface area contributed by atoms with Crippen molar-refractivity contribution < 1.29 is 0 Å². The van der Waals surface area contributed by atoms with E-state index in [-0.39, 0.29) is 4.87 Å². The zero-order valence-electron chi connectivity index (χ0n) is 13.0. The van der Waals surface area contributed by atoms with Crippen LogP contribution in [-0.4, -0.2) is 11.1 Å². The lowest BCUT2D eigenvalue weighted by Gasteiger charge is -2.10. The van der Waals surface area contributed by atoms with Gasteiger partial charge in [-0.1, -0.05) is 35.6 Å². The van der Waals surface area contributed by atoms with Crippen molar-refractivity contribution in [3.8, 4) is 17.3 Å². The van der Waals surface area contributed by atoms with Gasteiger partial charge in [-0.2, -0.15) is 5.26 Å². The number of nitriles is 1. The highest BCUT2D eigenvalue weighted by molar-refractivity contribution is 7.07. The fourth-order valence-electron chi connectivity index (χ4n) is 3.11. The van der Waals surface area contributed by atoms with Crippen LogP contribution in [0.4, 0.5) is 5.69 Å². The van der Waals surface area contributed by atoms with Crippen molar-refractivity contribution in [3.63, 3.8) is 0 Å². The highest BCUT2D eigenvalue weighted by Gasteiger charge is 2.15. The second-order valence-corrected chi connectivity index (χ2v) is 6.61. The molecule has 4 rings (SSSR count). The summed E-state index contributed by atoms with van der Waals surface area (Å²) in [7, 11) is 0. The Bertz CT molecular complexity index is 1010. The average molecular weight is 333 g/mol. The minimum Gasteiger partial charge on any atom is -0.384 e. The molecule has 0 saturated carbocycles. The number of nitrogens with one attached hydrogen (secondary N) is 1. The molecule has 2 aromatic carbocycles. The molecule has 2 heterocycles. The normalized spacial score (nSPS) is 12.5. The number of anilines is 1. The number of thiazole rings is 1. The van der Waals surface area contributed by atoms with E-state index in [1.807, 2.05) is 29.6 Å². The summed E-state index contributed by atoms with van der Waals surface area (Å²) >= 11 is 1.20. The molecule has 0 bridgehead atoms. The van der Waals surface area contributed by atoms with E-state index >= 15 is 0 Å². The van der Waals surface area contributed by atoms with Gasteiger partial charge in [-0.3, -0.25) is 9.36 Å². The number of hydrogen-bond donors (Lipinski definition) is 1. The first-order chi connectivity index (χ1) is 11.8. The standard InChI is InChI=1S/C19H15N3OS/c20-10-15-3-1-2-4-16(15)11-22-18(12-24-19(22)23)14-5-6-17-13(9-14)7-8-21-17/h1-6,9,12,21H,7-8,11H2. The second-order valence-electron chi connectivity index (χ2n) is 5.79. The molecule has 0 aliphatic carbocycles. The van der Waals surface area contributed by atoms with Crippen LogP contribution in [0.15, 0.2) is 52.6 Å². The maximum Gasteiger partial charge on any atom is 0.307 e. The molecule has 3 aromatic rings. The van der Waals surface area contributed by atoms with Gasteiger partial charge in [-0.25, -0.2) is 0 Å². The number of aromatic nitrogens is 1. The lowest BCUT2D eigenvalue weighted by Crippen LogP contribution is -2.15. The Morgan fingerprint density at radius 3 is 3.00 bits per heavy atom. The molecule has 118 valence electrons. The summed E-state index contributed by atoms with van der Waals surface area (Å²) in [6.45, 7) is 1.38. The first-order valence-corrected chi connectivity index (χ1v) is 8.68. The summed E-state index contributed by atoms with van der Waals surface area (Å²) in [5.41, 5.74) is 5.90. The molecule has 0 fully saturated rings. The predicted molar refractivity (Wildman–Crippen MR) is 96.5 cm³/mol. The van der Waals surface area contributed by atoms with E-state index in [2.05, 4.69) is 23.5 Å². The molecule has 0 amide bonds. The third-order valence-electron chi connectivity index (χ3n) is 4.36. The quantitative estimate of drug-likeness (QED) is 0.798. The first-order valence-electron chi connectivity index (χ1n) is 7.80. The number of fused-ring (bicyclic) bond motifs is 1. The van der Waals surface area contributed by atoms with Crippen molar-refractivity contribution >= 4 is 17.0 Å². The molecule has 1 aliphatic heterocycles. The molecule has 0 atom stereocenters. The van der Waals surface area contributed by atoms with Crippen molar-refractivity contribution in [3.05, 3.63) is 74.2 Å². The van der Waals surface area contributed by atoms with Crippen LogP contribution >= 0.6 is 11.3 Å². The van der Waals surface area contributed by atoms with Gasteiger partial charge in [0.25, 0.3) is 0 Å². The Labute approximate surface area is 143 Å². The molecule has 4 nitrogen and oxygen atoms in total. The first kappa shape index (κ1) is 14.7. The van der Waals surface area contributed by atoms with Gasteiger partial charge >= 0.3 is 4.87 Å². The third-order valence-corrected chi connectivity index (χ3v) is 5.12. The molecule has 0 unspecified atom stereocenters. The molecular formula is C19H15N3OS. The fraction of sp³-hybridized carbons (Fsp3) is 0.158. The van der Waals surface area contributed by atoms with E-state index in [0.717, 1.165) is 29.8 Å². The highest BCUT2D eigenvalue weighted by atomic mass is 32.1. The van der Waals surface area contributed by atoms with Crippen LogP contribution in [0.1, 0.15) is 16.7 Å². The minimum absolute atomic E-state index is 0.00336. The topological polar surface area (TPSA) is 57.8 Å². The van der Waals surface area contributed by atoms with Crippen LogP contribution in [0.2, 0.25) is 0 Å². The zero-order chi connectivity index (χ0) is 16.5. The van der Waals surface area contributed by atoms with E-state index in [9.17, 15) is 10.1 Å². The fourth-order valence-corrected chi connectivity index (χ4v) is 3.87. The molecule has 0 saturated heterocycles. The van der Waals surface area contributed by atoms with Crippen LogP contribution < -0.4 is 10.2 Å². The van der Waals surface area contributed by atoms with Gasteiger partial charge < -0.3 is 5.32 Å². The largest absolute Gasteiger partial charge is 0.384 e. The van der Waals surface area contributed by atoms with Crippen LogP contribution in [0.3, 0.4) is 0 Å².